The summed E-state index contributed by atoms with van der Waals surface area (Å²) >= 11 is 0. The van der Waals surface area contributed by atoms with Crippen LogP contribution < -0.4 is 16.3 Å². The smallest absolute Gasteiger partial charge is 0.355 e. The highest BCUT2D eigenvalue weighted by molar-refractivity contribution is 5.91. The second-order valence-corrected chi connectivity index (χ2v) is 10.7. The van der Waals surface area contributed by atoms with Crippen molar-refractivity contribution in [2.45, 2.75) is 64.8 Å². The minimum Gasteiger partial charge on any atom is -0.398 e. The Bertz CT molecular complexity index is 1600. The Hall–Kier alpha value is -3.92. The van der Waals surface area contributed by atoms with Gasteiger partial charge in [0.25, 0.3) is 0 Å². The van der Waals surface area contributed by atoms with Crippen molar-refractivity contribution in [3.8, 4) is 16.9 Å². The number of halogens is 2. The lowest BCUT2D eigenvalue weighted by atomic mass is 10.0. The lowest BCUT2D eigenvalue weighted by molar-refractivity contribution is 0.288. The summed E-state index contributed by atoms with van der Waals surface area (Å²) in [6.45, 7) is 6.62. The third-order valence-corrected chi connectivity index (χ3v) is 7.57. The number of pyridine rings is 2. The van der Waals surface area contributed by atoms with E-state index in [0.29, 0.717) is 42.0 Å². The maximum absolute atomic E-state index is 15.8. The maximum atomic E-state index is 15.8. The van der Waals surface area contributed by atoms with E-state index in [2.05, 4.69) is 21.9 Å². The zero-order chi connectivity index (χ0) is 28.6. The number of nitrogens with two attached hydrogens (primary N) is 1. The fourth-order valence-corrected chi connectivity index (χ4v) is 5.57. The number of benzene rings is 1. The lowest BCUT2D eigenvalue weighted by Gasteiger charge is -2.35. The third kappa shape index (κ3) is 4.92. The van der Waals surface area contributed by atoms with Gasteiger partial charge in [-0.25, -0.2) is 23.1 Å². The van der Waals surface area contributed by atoms with Gasteiger partial charge in [0.2, 0.25) is 0 Å². The summed E-state index contributed by atoms with van der Waals surface area (Å²) in [5.74, 6) is -1.20. The standard InChI is InChI=1S/C30H34F2N6O2/c1-17(2)25-27(19(9-7-15-39)12-13-34-25)38-29-20(28(36-30(38)40)37-14-5-4-8-18(37)3)16-22(32)26(35-29)24-21(31)10-6-11-23(24)33/h6,10-13,16-18,39H,4-5,7-9,14-15,33H2,1-3H3/t18-/m0/s1. The van der Waals surface area contributed by atoms with Crippen molar-refractivity contribution in [2.75, 3.05) is 23.8 Å². The van der Waals surface area contributed by atoms with Crippen molar-refractivity contribution >= 4 is 22.5 Å². The van der Waals surface area contributed by atoms with E-state index in [1.54, 1.807) is 12.3 Å². The molecule has 0 aliphatic carbocycles. The number of fused-ring (bicyclic) bond motifs is 1. The van der Waals surface area contributed by atoms with Crippen LogP contribution in [0.15, 0.2) is 41.3 Å². The summed E-state index contributed by atoms with van der Waals surface area (Å²) in [4.78, 5) is 29.7. The monoisotopic (exact) mass is 548 g/mol. The highest BCUT2D eigenvalue weighted by Gasteiger charge is 2.28. The first-order valence-corrected chi connectivity index (χ1v) is 13.8. The van der Waals surface area contributed by atoms with Crippen molar-refractivity contribution in [3.63, 3.8) is 0 Å². The van der Waals surface area contributed by atoms with Gasteiger partial charge in [-0.2, -0.15) is 4.98 Å². The Morgan fingerprint density at radius 3 is 2.65 bits per heavy atom. The quantitative estimate of drug-likeness (QED) is 0.308. The highest BCUT2D eigenvalue weighted by atomic mass is 19.1. The van der Waals surface area contributed by atoms with E-state index in [-0.39, 0.29) is 41.2 Å². The highest BCUT2D eigenvalue weighted by Crippen LogP contribution is 2.36. The van der Waals surface area contributed by atoms with Crippen LogP contribution >= 0.6 is 0 Å². The van der Waals surface area contributed by atoms with Crippen LogP contribution in [-0.2, 0) is 6.42 Å². The molecule has 3 aromatic heterocycles. The van der Waals surface area contributed by atoms with Crippen LogP contribution in [0.4, 0.5) is 20.3 Å². The van der Waals surface area contributed by atoms with Crippen LogP contribution in [0.2, 0.25) is 0 Å². The predicted octanol–water partition coefficient (Wildman–Crippen LogP) is 5.13. The molecule has 3 N–H and O–H groups in total. The van der Waals surface area contributed by atoms with E-state index in [4.69, 9.17) is 5.73 Å². The second-order valence-electron chi connectivity index (χ2n) is 10.7. The summed E-state index contributed by atoms with van der Waals surface area (Å²) in [6.07, 6.45) is 5.50. The van der Waals surface area contributed by atoms with Gasteiger partial charge in [0.1, 0.15) is 17.3 Å². The molecule has 1 fully saturated rings. The average molecular weight is 549 g/mol. The second kappa shape index (κ2) is 11.3. The van der Waals surface area contributed by atoms with Gasteiger partial charge in [-0.05, 0) is 74.8 Å². The van der Waals surface area contributed by atoms with Crippen molar-refractivity contribution in [1.82, 2.24) is 19.5 Å². The zero-order valence-electron chi connectivity index (χ0n) is 23.0. The van der Waals surface area contributed by atoms with Gasteiger partial charge < -0.3 is 15.7 Å². The Labute approximate surface area is 231 Å². The van der Waals surface area contributed by atoms with E-state index < -0.39 is 17.3 Å². The molecule has 1 saturated heterocycles. The fraction of sp³-hybridized carbons (Fsp3) is 0.400. The van der Waals surface area contributed by atoms with Gasteiger partial charge in [-0.3, -0.25) is 4.98 Å². The van der Waals surface area contributed by atoms with Crippen LogP contribution in [0.1, 0.15) is 63.6 Å². The van der Waals surface area contributed by atoms with Crippen molar-refractivity contribution in [2.24, 2.45) is 0 Å². The zero-order valence-corrected chi connectivity index (χ0v) is 23.0. The Balaban J connectivity index is 1.91. The summed E-state index contributed by atoms with van der Waals surface area (Å²) in [6, 6.07) is 7.30. The molecule has 0 spiro atoms. The van der Waals surface area contributed by atoms with Gasteiger partial charge in [0.15, 0.2) is 11.5 Å². The summed E-state index contributed by atoms with van der Waals surface area (Å²) in [7, 11) is 0. The Kier molecular flexibility index (Phi) is 7.80. The molecule has 1 aliphatic heterocycles. The average Bonchev–Trinajstić information content (AvgIpc) is 2.92. The number of rotatable bonds is 7. The van der Waals surface area contributed by atoms with Crippen LogP contribution in [0, 0.1) is 11.6 Å². The first-order valence-electron chi connectivity index (χ1n) is 13.8. The number of hydrogen-bond donors (Lipinski definition) is 2. The molecule has 1 atom stereocenters. The van der Waals surface area contributed by atoms with E-state index >= 15 is 8.78 Å². The van der Waals surface area contributed by atoms with Crippen molar-refractivity contribution in [3.05, 3.63) is 69.9 Å². The van der Waals surface area contributed by atoms with Crippen LogP contribution in [0.3, 0.4) is 0 Å². The molecule has 8 nitrogen and oxygen atoms in total. The first kappa shape index (κ1) is 27.6. The van der Waals surface area contributed by atoms with E-state index in [0.717, 1.165) is 24.8 Å². The number of nitrogen functional groups attached to an aromatic ring is 1. The normalized spacial score (nSPS) is 15.8. The molecule has 5 rings (SSSR count). The van der Waals surface area contributed by atoms with Crippen LogP contribution in [0.25, 0.3) is 28.0 Å². The molecular formula is C30H34F2N6O2. The molecule has 0 bridgehead atoms. The number of aryl methyl sites for hydroxylation is 1. The van der Waals surface area contributed by atoms with Crippen molar-refractivity contribution < 1.29 is 13.9 Å². The third-order valence-electron chi connectivity index (χ3n) is 7.57. The molecule has 0 amide bonds. The molecule has 0 radical (unpaired) electrons. The molecule has 210 valence electrons. The first-order chi connectivity index (χ1) is 19.2. The molecule has 4 aromatic rings. The molecule has 0 saturated carbocycles. The van der Waals surface area contributed by atoms with E-state index in [1.165, 1.54) is 28.8 Å². The van der Waals surface area contributed by atoms with Gasteiger partial charge >= 0.3 is 5.69 Å². The SMILES string of the molecule is CC(C)c1nccc(CCCO)c1-n1c(=O)nc(N2CCCC[C@@H]2C)c2cc(F)c(-c3c(N)cccc3F)nc21. The fourth-order valence-electron chi connectivity index (χ4n) is 5.57. The summed E-state index contributed by atoms with van der Waals surface area (Å²) in [5, 5.41) is 9.88. The van der Waals surface area contributed by atoms with Crippen LogP contribution in [0.5, 0.6) is 0 Å². The van der Waals surface area contributed by atoms with E-state index in [1.807, 2.05) is 18.7 Å². The Morgan fingerprint density at radius 1 is 1.15 bits per heavy atom. The molecule has 1 aromatic carbocycles. The van der Waals surface area contributed by atoms with Gasteiger partial charge in [0, 0.05) is 31.1 Å². The number of aliphatic hydroxyl groups is 1. The minimum atomic E-state index is -0.766. The van der Waals surface area contributed by atoms with Gasteiger partial charge in [0.05, 0.1) is 22.3 Å². The Morgan fingerprint density at radius 2 is 1.95 bits per heavy atom. The molecule has 10 heteroatoms. The van der Waals surface area contributed by atoms with E-state index in [9.17, 15) is 9.90 Å². The van der Waals surface area contributed by atoms with Crippen molar-refractivity contribution in [1.29, 1.82) is 0 Å². The summed E-state index contributed by atoms with van der Waals surface area (Å²) in [5.41, 5.74) is 7.13. The topological polar surface area (TPSA) is 110 Å². The number of hydrogen-bond acceptors (Lipinski definition) is 7. The number of aromatic nitrogens is 4. The maximum Gasteiger partial charge on any atom is 0.355 e. The lowest BCUT2D eigenvalue weighted by Crippen LogP contribution is -2.40. The summed E-state index contributed by atoms with van der Waals surface area (Å²) < 4.78 is 32.2. The molecular weight excluding hydrogens is 514 g/mol. The molecule has 1 aliphatic rings. The molecule has 4 heterocycles. The number of aliphatic hydroxyl groups excluding tert-OH is 1. The van der Waals surface area contributed by atoms with Gasteiger partial charge in [-0.15, -0.1) is 0 Å². The molecule has 40 heavy (non-hydrogen) atoms. The van der Waals surface area contributed by atoms with Crippen LogP contribution in [-0.4, -0.2) is 43.8 Å². The predicted molar refractivity (Wildman–Crippen MR) is 153 cm³/mol. The minimum absolute atomic E-state index is 0.0291. The molecule has 0 unspecified atom stereocenters. The number of anilines is 2. The number of nitrogens with zero attached hydrogens (tertiary/aromatic N) is 5. The largest absolute Gasteiger partial charge is 0.398 e. The van der Waals surface area contributed by atoms with Gasteiger partial charge in [-0.1, -0.05) is 19.9 Å². The number of piperidine rings is 1.